The first-order chi connectivity index (χ1) is 6.88. The van der Waals surface area contributed by atoms with Crippen LogP contribution in [0.2, 0.25) is 0 Å². The molecule has 1 N–H and O–H groups in total. The van der Waals surface area contributed by atoms with Gasteiger partial charge in [0.15, 0.2) is 0 Å². The predicted molar refractivity (Wildman–Crippen MR) is 56.3 cm³/mol. The van der Waals surface area contributed by atoms with Gasteiger partial charge in [0, 0.05) is 13.0 Å². The summed E-state index contributed by atoms with van der Waals surface area (Å²) in [6.45, 7) is 0.800. The van der Waals surface area contributed by atoms with Crippen LogP contribution in [0.5, 0.6) is 5.75 Å². The molecule has 1 aromatic rings. The molecular formula is C11H14N2O. The smallest absolute Gasteiger partial charge is 0.141 e. The average molecular weight is 190 g/mol. The highest BCUT2D eigenvalue weighted by atomic mass is 16.5. The number of nitriles is 1. The lowest BCUT2D eigenvalue weighted by molar-refractivity contribution is 0.416. The van der Waals surface area contributed by atoms with Gasteiger partial charge in [0.25, 0.3) is 0 Å². The second kappa shape index (κ2) is 5.87. The molecule has 0 aliphatic heterocycles. The number of nitrogens with one attached hydrogen (secondary N) is 1. The summed E-state index contributed by atoms with van der Waals surface area (Å²) in [5.41, 5.74) is 0.980. The minimum atomic E-state index is 0.585. The summed E-state index contributed by atoms with van der Waals surface area (Å²) in [5, 5.41) is 11.6. The predicted octanol–water partition coefficient (Wildman–Crippen LogP) is 2.41. The summed E-state index contributed by atoms with van der Waals surface area (Å²) < 4.78 is 5.17. The summed E-state index contributed by atoms with van der Waals surface area (Å²) in [7, 11) is 1.65. The number of methoxy groups -OCH3 is 1. The molecule has 14 heavy (non-hydrogen) atoms. The zero-order valence-corrected chi connectivity index (χ0v) is 8.29. The van der Waals surface area contributed by atoms with Gasteiger partial charge in [-0.2, -0.15) is 5.26 Å². The third-order valence-electron chi connectivity index (χ3n) is 1.89. The van der Waals surface area contributed by atoms with E-state index in [9.17, 15) is 0 Å². The summed E-state index contributed by atoms with van der Waals surface area (Å²) in [5.74, 6) is 0.837. The van der Waals surface area contributed by atoms with E-state index in [-0.39, 0.29) is 0 Å². The van der Waals surface area contributed by atoms with Crippen molar-refractivity contribution in [3.05, 3.63) is 24.3 Å². The highest BCUT2D eigenvalue weighted by Gasteiger charge is 1.98. The number of benzene rings is 1. The monoisotopic (exact) mass is 190 g/mol. The maximum Gasteiger partial charge on any atom is 0.141 e. The fourth-order valence-corrected chi connectivity index (χ4v) is 1.18. The Morgan fingerprint density at radius 1 is 1.43 bits per heavy atom. The molecular weight excluding hydrogens is 176 g/mol. The van der Waals surface area contributed by atoms with E-state index in [1.165, 1.54) is 0 Å². The summed E-state index contributed by atoms with van der Waals surface area (Å²) >= 11 is 0. The van der Waals surface area contributed by atoms with Crippen LogP contribution in [0.25, 0.3) is 0 Å². The highest BCUT2D eigenvalue weighted by molar-refractivity contribution is 5.55. The van der Waals surface area contributed by atoms with Crippen molar-refractivity contribution in [3.63, 3.8) is 0 Å². The standard InChI is InChI=1S/C11H14N2O/c1-14-11-7-3-2-6-10(11)13-9-5-4-8-12/h2-3,6-7,13H,4-5,9H2,1H3. The molecule has 0 radical (unpaired) electrons. The van der Waals surface area contributed by atoms with Crippen molar-refractivity contribution in [2.45, 2.75) is 12.8 Å². The summed E-state index contributed by atoms with van der Waals surface area (Å²) in [6.07, 6.45) is 1.44. The zero-order chi connectivity index (χ0) is 10.2. The number of rotatable bonds is 5. The van der Waals surface area contributed by atoms with Crippen LogP contribution in [-0.4, -0.2) is 13.7 Å². The van der Waals surface area contributed by atoms with E-state index in [4.69, 9.17) is 10.00 Å². The second-order valence-corrected chi connectivity index (χ2v) is 2.89. The molecule has 0 heterocycles. The van der Waals surface area contributed by atoms with E-state index >= 15 is 0 Å². The fourth-order valence-electron chi connectivity index (χ4n) is 1.18. The van der Waals surface area contributed by atoms with Crippen LogP contribution in [0, 0.1) is 11.3 Å². The molecule has 0 atom stereocenters. The first-order valence-corrected chi connectivity index (χ1v) is 4.62. The van der Waals surface area contributed by atoms with Crippen molar-refractivity contribution in [2.24, 2.45) is 0 Å². The molecule has 0 spiro atoms. The van der Waals surface area contributed by atoms with Crippen molar-refractivity contribution in [3.8, 4) is 11.8 Å². The van der Waals surface area contributed by atoms with E-state index < -0.39 is 0 Å². The molecule has 1 rings (SSSR count). The van der Waals surface area contributed by atoms with Gasteiger partial charge in [0.05, 0.1) is 18.9 Å². The largest absolute Gasteiger partial charge is 0.495 e. The normalized spacial score (nSPS) is 9.14. The third-order valence-corrected chi connectivity index (χ3v) is 1.89. The number of hydrogen-bond donors (Lipinski definition) is 1. The van der Waals surface area contributed by atoms with E-state index in [2.05, 4.69) is 11.4 Å². The molecule has 0 aliphatic rings. The minimum absolute atomic E-state index is 0.585. The van der Waals surface area contributed by atoms with Crippen LogP contribution in [0.3, 0.4) is 0 Å². The van der Waals surface area contributed by atoms with Crippen LogP contribution >= 0.6 is 0 Å². The van der Waals surface area contributed by atoms with Crippen LogP contribution in [0.4, 0.5) is 5.69 Å². The Labute approximate surface area is 84.3 Å². The van der Waals surface area contributed by atoms with Gasteiger partial charge in [-0.25, -0.2) is 0 Å². The Balaban J connectivity index is 2.46. The molecule has 0 unspecified atom stereocenters. The number of anilines is 1. The maximum atomic E-state index is 8.36. The lowest BCUT2D eigenvalue weighted by atomic mass is 10.2. The Morgan fingerprint density at radius 2 is 2.21 bits per heavy atom. The Bertz CT molecular complexity index is 317. The van der Waals surface area contributed by atoms with Crippen molar-refractivity contribution in [2.75, 3.05) is 19.0 Å². The Hall–Kier alpha value is -1.69. The topological polar surface area (TPSA) is 45.0 Å². The van der Waals surface area contributed by atoms with Crippen LogP contribution in [0.1, 0.15) is 12.8 Å². The van der Waals surface area contributed by atoms with Gasteiger partial charge in [0.1, 0.15) is 5.75 Å². The van der Waals surface area contributed by atoms with Gasteiger partial charge in [-0.15, -0.1) is 0 Å². The lowest BCUT2D eigenvalue weighted by Crippen LogP contribution is -2.02. The number of ether oxygens (including phenoxy) is 1. The van der Waals surface area contributed by atoms with Crippen molar-refractivity contribution in [1.82, 2.24) is 0 Å². The van der Waals surface area contributed by atoms with E-state index in [0.29, 0.717) is 6.42 Å². The summed E-state index contributed by atoms with van der Waals surface area (Å²) in [6, 6.07) is 9.87. The van der Waals surface area contributed by atoms with E-state index in [0.717, 1.165) is 24.4 Å². The maximum absolute atomic E-state index is 8.36. The molecule has 0 saturated heterocycles. The van der Waals surface area contributed by atoms with Crippen LogP contribution in [-0.2, 0) is 0 Å². The summed E-state index contributed by atoms with van der Waals surface area (Å²) in [4.78, 5) is 0. The molecule has 1 aromatic carbocycles. The van der Waals surface area contributed by atoms with Crippen molar-refractivity contribution in [1.29, 1.82) is 5.26 Å². The number of unbranched alkanes of at least 4 members (excludes halogenated alkanes) is 1. The SMILES string of the molecule is COc1ccccc1NCCCC#N. The van der Waals surface area contributed by atoms with Crippen LogP contribution < -0.4 is 10.1 Å². The average Bonchev–Trinajstić information content (AvgIpc) is 2.25. The second-order valence-electron chi connectivity index (χ2n) is 2.89. The van der Waals surface area contributed by atoms with Gasteiger partial charge in [-0.05, 0) is 18.6 Å². The highest BCUT2D eigenvalue weighted by Crippen LogP contribution is 2.22. The number of nitrogens with zero attached hydrogens (tertiary/aromatic N) is 1. The van der Waals surface area contributed by atoms with Gasteiger partial charge in [0.2, 0.25) is 0 Å². The molecule has 0 saturated carbocycles. The number of hydrogen-bond acceptors (Lipinski definition) is 3. The van der Waals surface area contributed by atoms with Crippen molar-refractivity contribution < 1.29 is 4.74 Å². The molecule has 3 heteroatoms. The quantitative estimate of drug-likeness (QED) is 0.725. The van der Waals surface area contributed by atoms with Crippen LogP contribution in [0.15, 0.2) is 24.3 Å². The van der Waals surface area contributed by atoms with Gasteiger partial charge < -0.3 is 10.1 Å². The van der Waals surface area contributed by atoms with Crippen molar-refractivity contribution >= 4 is 5.69 Å². The first-order valence-electron chi connectivity index (χ1n) is 4.62. The zero-order valence-electron chi connectivity index (χ0n) is 8.29. The molecule has 0 aliphatic carbocycles. The first kappa shape index (κ1) is 10.4. The molecule has 0 aromatic heterocycles. The fraction of sp³-hybridized carbons (Fsp3) is 0.364. The molecule has 74 valence electrons. The third kappa shape index (κ3) is 2.98. The van der Waals surface area contributed by atoms with E-state index in [1.807, 2.05) is 24.3 Å². The minimum Gasteiger partial charge on any atom is -0.495 e. The lowest BCUT2D eigenvalue weighted by Gasteiger charge is -2.09. The van der Waals surface area contributed by atoms with Gasteiger partial charge >= 0.3 is 0 Å². The molecule has 0 fully saturated rings. The molecule has 0 bridgehead atoms. The van der Waals surface area contributed by atoms with Gasteiger partial charge in [-0.3, -0.25) is 0 Å². The van der Waals surface area contributed by atoms with Gasteiger partial charge in [-0.1, -0.05) is 12.1 Å². The Morgan fingerprint density at radius 3 is 2.93 bits per heavy atom. The van der Waals surface area contributed by atoms with E-state index in [1.54, 1.807) is 7.11 Å². The molecule has 3 nitrogen and oxygen atoms in total. The number of para-hydroxylation sites is 2. The molecule has 0 amide bonds. The Kier molecular flexibility index (Phi) is 4.36.